The molecule has 0 aromatic heterocycles. The molecule has 2 aromatic rings. The Hall–Kier alpha value is -2.28. The van der Waals surface area contributed by atoms with Crippen LogP contribution in [0.1, 0.15) is 12.8 Å². The van der Waals surface area contributed by atoms with Crippen molar-refractivity contribution in [2.24, 2.45) is 5.41 Å². The molecule has 0 unspecified atom stereocenters. The monoisotopic (exact) mass is 394 g/mol. The van der Waals surface area contributed by atoms with Crippen LogP contribution >= 0.6 is 15.9 Å². The number of carbonyl (C=O) groups is 2. The molecule has 2 amide bonds. The molecule has 0 heterocycles. The van der Waals surface area contributed by atoms with Crippen molar-refractivity contribution in [1.29, 1.82) is 0 Å². The van der Waals surface area contributed by atoms with Crippen LogP contribution in [-0.2, 0) is 9.59 Å². The summed E-state index contributed by atoms with van der Waals surface area (Å²) >= 11 is 3.30. The van der Waals surface area contributed by atoms with Crippen molar-refractivity contribution in [1.82, 2.24) is 0 Å². The van der Waals surface area contributed by atoms with E-state index in [4.69, 9.17) is 0 Å². The van der Waals surface area contributed by atoms with Gasteiger partial charge in [-0.3, -0.25) is 9.59 Å². The zero-order valence-electron chi connectivity index (χ0n) is 12.4. The van der Waals surface area contributed by atoms with Crippen LogP contribution in [0.15, 0.2) is 46.9 Å². The first-order valence-electron chi connectivity index (χ1n) is 7.24. The third-order valence-corrected chi connectivity index (χ3v) is 4.37. The highest BCUT2D eigenvalue weighted by Gasteiger charge is 2.56. The number of carbonyl (C=O) groups excluding carboxylic acids is 2. The quantitative estimate of drug-likeness (QED) is 0.767. The van der Waals surface area contributed by atoms with Crippen LogP contribution < -0.4 is 10.6 Å². The molecule has 0 atom stereocenters. The number of anilines is 2. The SMILES string of the molecule is O=C(Nc1cccc(Br)c1)C1(C(=O)Nc2ccc(F)cc2F)CC1. The Kier molecular flexibility index (Phi) is 4.36. The summed E-state index contributed by atoms with van der Waals surface area (Å²) in [7, 11) is 0. The molecule has 3 rings (SSSR count). The van der Waals surface area contributed by atoms with Gasteiger partial charge in [0, 0.05) is 16.2 Å². The van der Waals surface area contributed by atoms with Crippen LogP contribution in [0.25, 0.3) is 0 Å². The van der Waals surface area contributed by atoms with Crippen molar-refractivity contribution in [2.75, 3.05) is 10.6 Å². The van der Waals surface area contributed by atoms with E-state index < -0.39 is 28.9 Å². The van der Waals surface area contributed by atoms with E-state index in [-0.39, 0.29) is 5.69 Å². The molecule has 2 aromatic carbocycles. The lowest BCUT2D eigenvalue weighted by Gasteiger charge is -2.16. The molecule has 124 valence electrons. The highest BCUT2D eigenvalue weighted by molar-refractivity contribution is 9.10. The Labute approximate surface area is 145 Å². The predicted molar refractivity (Wildman–Crippen MR) is 89.4 cm³/mol. The molecule has 2 N–H and O–H groups in total. The van der Waals surface area contributed by atoms with Crippen LogP contribution in [0.2, 0.25) is 0 Å². The Morgan fingerprint density at radius 3 is 2.33 bits per heavy atom. The van der Waals surface area contributed by atoms with Gasteiger partial charge in [0.15, 0.2) is 0 Å². The molecule has 1 fully saturated rings. The van der Waals surface area contributed by atoms with E-state index in [1.165, 1.54) is 0 Å². The third-order valence-electron chi connectivity index (χ3n) is 3.88. The van der Waals surface area contributed by atoms with Gasteiger partial charge in [-0.05, 0) is 43.2 Å². The molecular formula is C17H13BrF2N2O2. The molecule has 1 aliphatic carbocycles. The van der Waals surface area contributed by atoms with Crippen LogP contribution in [0.4, 0.5) is 20.2 Å². The standard InChI is InChI=1S/C17H13BrF2N2O2/c18-10-2-1-3-12(8-10)21-15(23)17(6-7-17)16(24)22-14-5-4-11(19)9-13(14)20/h1-5,8-9H,6-7H2,(H,21,23)(H,22,24). The van der Waals surface area contributed by atoms with Crippen LogP contribution in [-0.4, -0.2) is 11.8 Å². The van der Waals surface area contributed by atoms with Crippen LogP contribution in [0, 0.1) is 17.0 Å². The van der Waals surface area contributed by atoms with Crippen molar-refractivity contribution < 1.29 is 18.4 Å². The fourth-order valence-corrected chi connectivity index (χ4v) is 2.73. The van der Waals surface area contributed by atoms with Gasteiger partial charge >= 0.3 is 0 Å². The second kappa shape index (κ2) is 6.32. The largest absolute Gasteiger partial charge is 0.325 e. The van der Waals surface area contributed by atoms with Gasteiger partial charge in [0.05, 0.1) is 5.69 Å². The smallest absolute Gasteiger partial charge is 0.240 e. The molecule has 0 bridgehead atoms. The second-order valence-electron chi connectivity index (χ2n) is 5.62. The first-order valence-corrected chi connectivity index (χ1v) is 8.03. The number of benzene rings is 2. The summed E-state index contributed by atoms with van der Waals surface area (Å²) in [4.78, 5) is 24.8. The number of rotatable bonds is 4. The lowest BCUT2D eigenvalue weighted by molar-refractivity contribution is -0.131. The number of halogens is 3. The number of hydrogen-bond donors (Lipinski definition) is 2. The topological polar surface area (TPSA) is 58.2 Å². The van der Waals surface area contributed by atoms with Gasteiger partial charge in [-0.15, -0.1) is 0 Å². The van der Waals surface area contributed by atoms with Crippen molar-refractivity contribution in [2.45, 2.75) is 12.8 Å². The van der Waals surface area contributed by atoms with Gasteiger partial charge < -0.3 is 10.6 Å². The predicted octanol–water partition coefficient (Wildman–Crippen LogP) is 4.08. The molecule has 0 saturated heterocycles. The molecule has 7 heteroatoms. The van der Waals surface area contributed by atoms with Gasteiger partial charge in [-0.25, -0.2) is 8.78 Å². The molecule has 1 saturated carbocycles. The van der Waals surface area contributed by atoms with E-state index in [1.807, 2.05) is 6.07 Å². The average molecular weight is 395 g/mol. The Morgan fingerprint density at radius 1 is 1.00 bits per heavy atom. The summed E-state index contributed by atoms with van der Waals surface area (Å²) in [5.41, 5.74) is -0.812. The van der Waals surface area contributed by atoms with Gasteiger partial charge in [-0.2, -0.15) is 0 Å². The Morgan fingerprint density at radius 2 is 1.71 bits per heavy atom. The number of amides is 2. The second-order valence-corrected chi connectivity index (χ2v) is 6.54. The fourth-order valence-electron chi connectivity index (χ4n) is 2.33. The van der Waals surface area contributed by atoms with E-state index in [0.29, 0.717) is 24.6 Å². The molecule has 1 aliphatic rings. The average Bonchev–Trinajstić information content (AvgIpc) is 3.32. The normalized spacial score (nSPS) is 14.8. The Bertz CT molecular complexity index is 822. The summed E-state index contributed by atoms with van der Waals surface area (Å²) < 4.78 is 27.4. The molecule has 4 nitrogen and oxygen atoms in total. The van der Waals surface area contributed by atoms with Crippen molar-refractivity contribution >= 4 is 39.1 Å². The maximum atomic E-state index is 13.7. The number of nitrogens with one attached hydrogen (secondary N) is 2. The summed E-state index contributed by atoms with van der Waals surface area (Å²) in [6.45, 7) is 0. The van der Waals surface area contributed by atoms with E-state index in [2.05, 4.69) is 26.6 Å². The Balaban J connectivity index is 1.73. The van der Waals surface area contributed by atoms with E-state index >= 15 is 0 Å². The maximum Gasteiger partial charge on any atom is 0.240 e. The van der Waals surface area contributed by atoms with E-state index in [9.17, 15) is 18.4 Å². The van der Waals surface area contributed by atoms with Gasteiger partial charge in [0.1, 0.15) is 17.0 Å². The lowest BCUT2D eigenvalue weighted by atomic mass is 10.0. The molecule has 24 heavy (non-hydrogen) atoms. The first-order chi connectivity index (χ1) is 11.4. The third kappa shape index (κ3) is 3.31. The maximum absolute atomic E-state index is 13.7. The molecule has 0 radical (unpaired) electrons. The highest BCUT2D eigenvalue weighted by Crippen LogP contribution is 2.47. The summed E-state index contributed by atoms with van der Waals surface area (Å²) in [5, 5.41) is 5.06. The summed E-state index contributed by atoms with van der Waals surface area (Å²) in [6, 6.07) is 9.84. The van der Waals surface area contributed by atoms with Crippen molar-refractivity contribution in [3.63, 3.8) is 0 Å². The van der Waals surface area contributed by atoms with Crippen LogP contribution in [0.3, 0.4) is 0 Å². The fraction of sp³-hybridized carbons (Fsp3) is 0.176. The minimum Gasteiger partial charge on any atom is -0.325 e. The summed E-state index contributed by atoms with van der Waals surface area (Å²) in [6.07, 6.45) is 0.753. The number of hydrogen-bond acceptors (Lipinski definition) is 2. The van der Waals surface area contributed by atoms with E-state index in [1.54, 1.807) is 18.2 Å². The molecule has 0 spiro atoms. The molecule has 0 aliphatic heterocycles. The van der Waals surface area contributed by atoms with Crippen LogP contribution in [0.5, 0.6) is 0 Å². The zero-order valence-corrected chi connectivity index (χ0v) is 14.0. The summed E-state index contributed by atoms with van der Waals surface area (Å²) in [5.74, 6) is -2.66. The van der Waals surface area contributed by atoms with Gasteiger partial charge in [0.2, 0.25) is 11.8 Å². The van der Waals surface area contributed by atoms with E-state index in [0.717, 1.165) is 16.6 Å². The van der Waals surface area contributed by atoms with Crippen molar-refractivity contribution in [3.05, 3.63) is 58.6 Å². The van der Waals surface area contributed by atoms with Crippen molar-refractivity contribution in [3.8, 4) is 0 Å². The first kappa shape index (κ1) is 16.6. The van der Waals surface area contributed by atoms with Gasteiger partial charge in [-0.1, -0.05) is 22.0 Å². The minimum atomic E-state index is -1.22. The zero-order chi connectivity index (χ0) is 17.3. The molecular weight excluding hydrogens is 382 g/mol. The lowest BCUT2D eigenvalue weighted by Crippen LogP contribution is -2.35. The minimum absolute atomic E-state index is 0.150. The van der Waals surface area contributed by atoms with Gasteiger partial charge in [0.25, 0.3) is 0 Å². The highest BCUT2D eigenvalue weighted by atomic mass is 79.9.